The minimum absolute atomic E-state index is 0.0473. The van der Waals surface area contributed by atoms with Gasteiger partial charge in [0.15, 0.2) is 0 Å². The Morgan fingerprint density at radius 1 is 1.11 bits per heavy atom. The molecular formula is C21H26N3O3S+. The summed E-state index contributed by atoms with van der Waals surface area (Å²) in [4.78, 5) is 25.1. The highest BCUT2D eigenvalue weighted by Crippen LogP contribution is 2.25. The molecular weight excluding hydrogens is 374 g/mol. The normalized spacial score (nSPS) is 15.3. The highest BCUT2D eigenvalue weighted by atomic mass is 32.2. The summed E-state index contributed by atoms with van der Waals surface area (Å²) in [5.41, 5.74) is 2.48. The summed E-state index contributed by atoms with van der Waals surface area (Å²) >= 11 is 1.39. The second-order valence-corrected chi connectivity index (χ2v) is 8.59. The van der Waals surface area contributed by atoms with E-state index in [4.69, 9.17) is 0 Å². The predicted molar refractivity (Wildman–Crippen MR) is 110 cm³/mol. The number of likely N-dealkylation sites (tertiary alicyclic amines) is 1. The first-order chi connectivity index (χ1) is 13.5. The van der Waals surface area contributed by atoms with Crippen molar-refractivity contribution in [1.82, 2.24) is 5.32 Å². The number of hydrogen-bond donors (Lipinski definition) is 2. The van der Waals surface area contributed by atoms with Gasteiger partial charge >= 0.3 is 0 Å². The maximum Gasteiger partial charge on any atom is 0.269 e. The van der Waals surface area contributed by atoms with Crippen LogP contribution in [0.15, 0.2) is 53.4 Å². The molecule has 0 spiro atoms. The number of non-ortho nitro benzene ring substituents is 1. The first-order valence-electron chi connectivity index (χ1n) is 9.61. The fraction of sp³-hybridized carbons (Fsp3) is 0.381. The van der Waals surface area contributed by atoms with Crippen LogP contribution in [0.3, 0.4) is 0 Å². The van der Waals surface area contributed by atoms with Gasteiger partial charge in [-0.2, -0.15) is 0 Å². The molecule has 0 unspecified atom stereocenters. The van der Waals surface area contributed by atoms with Gasteiger partial charge < -0.3 is 10.2 Å². The number of rotatable bonds is 8. The first kappa shape index (κ1) is 20.4. The molecule has 0 saturated carbocycles. The Morgan fingerprint density at radius 2 is 1.71 bits per heavy atom. The summed E-state index contributed by atoms with van der Waals surface area (Å²) in [5.74, 6) is -0.0473. The SMILES string of the molecule is C[C@H](Sc1ccc([N+](=O)[O-])cc1)C(=O)NCc1ccc(C[NH+]2CCCC2)cc1. The molecule has 0 radical (unpaired) electrons. The number of nitro groups is 1. The van der Waals surface area contributed by atoms with Gasteiger partial charge in [-0.05, 0) is 24.6 Å². The van der Waals surface area contributed by atoms with Gasteiger partial charge in [-0.3, -0.25) is 14.9 Å². The summed E-state index contributed by atoms with van der Waals surface area (Å²) in [6.07, 6.45) is 2.66. The van der Waals surface area contributed by atoms with Gasteiger partial charge in [-0.1, -0.05) is 24.3 Å². The summed E-state index contributed by atoms with van der Waals surface area (Å²) in [6, 6.07) is 14.7. The van der Waals surface area contributed by atoms with Gasteiger partial charge in [0.2, 0.25) is 5.91 Å². The zero-order valence-corrected chi connectivity index (χ0v) is 16.8. The molecule has 0 bridgehead atoms. The van der Waals surface area contributed by atoms with Crippen LogP contribution < -0.4 is 10.2 Å². The lowest BCUT2D eigenvalue weighted by Gasteiger charge is -2.13. The Kier molecular flexibility index (Phi) is 7.06. The average Bonchev–Trinajstić information content (AvgIpc) is 3.20. The number of hydrogen-bond acceptors (Lipinski definition) is 4. The molecule has 2 aromatic carbocycles. The second kappa shape index (κ2) is 9.71. The summed E-state index contributed by atoms with van der Waals surface area (Å²) in [7, 11) is 0. The standard InChI is InChI=1S/C21H25N3O3S/c1-16(28-20-10-8-19(9-11-20)24(26)27)21(25)22-14-17-4-6-18(7-5-17)15-23-12-2-3-13-23/h4-11,16H,2-3,12-15H2,1H3,(H,22,25)/p+1/t16-/m0/s1. The number of amides is 1. The van der Waals surface area contributed by atoms with Crippen LogP contribution >= 0.6 is 11.8 Å². The van der Waals surface area contributed by atoms with Crippen molar-refractivity contribution in [3.63, 3.8) is 0 Å². The summed E-state index contributed by atoms with van der Waals surface area (Å²) in [5, 5.41) is 13.4. The molecule has 1 atom stereocenters. The van der Waals surface area contributed by atoms with Crippen LogP contribution in [0, 0.1) is 10.1 Å². The van der Waals surface area contributed by atoms with Gasteiger partial charge in [0.25, 0.3) is 5.69 Å². The topological polar surface area (TPSA) is 76.7 Å². The molecule has 2 N–H and O–H groups in total. The van der Waals surface area contributed by atoms with E-state index in [0.717, 1.165) is 17.0 Å². The molecule has 6 nitrogen and oxygen atoms in total. The van der Waals surface area contributed by atoms with Crippen LogP contribution in [0.1, 0.15) is 30.9 Å². The van der Waals surface area contributed by atoms with E-state index in [1.807, 2.05) is 6.92 Å². The Balaban J connectivity index is 1.45. The smallest absolute Gasteiger partial charge is 0.269 e. The van der Waals surface area contributed by atoms with Crippen molar-refractivity contribution >= 4 is 23.4 Å². The van der Waals surface area contributed by atoms with E-state index in [2.05, 4.69) is 29.6 Å². The molecule has 1 aliphatic rings. The number of nitrogens with zero attached hydrogens (tertiary/aromatic N) is 1. The third kappa shape index (κ3) is 5.81. The lowest BCUT2D eigenvalue weighted by Crippen LogP contribution is -3.08. The van der Waals surface area contributed by atoms with Gasteiger partial charge in [-0.15, -0.1) is 11.8 Å². The van der Waals surface area contributed by atoms with E-state index >= 15 is 0 Å². The maximum absolute atomic E-state index is 12.3. The van der Waals surface area contributed by atoms with Gasteiger partial charge in [-0.25, -0.2) is 0 Å². The van der Waals surface area contributed by atoms with Crippen molar-refractivity contribution < 1.29 is 14.6 Å². The molecule has 1 aliphatic heterocycles. The van der Waals surface area contributed by atoms with Crippen LogP contribution in [-0.2, 0) is 17.9 Å². The van der Waals surface area contributed by atoms with Crippen LogP contribution in [0.2, 0.25) is 0 Å². The van der Waals surface area contributed by atoms with Crippen LogP contribution in [0.4, 0.5) is 5.69 Å². The zero-order valence-electron chi connectivity index (χ0n) is 16.0. The minimum atomic E-state index is -0.428. The fourth-order valence-electron chi connectivity index (χ4n) is 3.35. The van der Waals surface area contributed by atoms with Crippen LogP contribution in [0.25, 0.3) is 0 Å². The third-order valence-corrected chi connectivity index (χ3v) is 6.10. The van der Waals surface area contributed by atoms with Gasteiger partial charge in [0, 0.05) is 42.0 Å². The highest BCUT2D eigenvalue weighted by molar-refractivity contribution is 8.00. The average molecular weight is 401 g/mol. The molecule has 0 aromatic heterocycles. The van der Waals surface area contributed by atoms with E-state index in [9.17, 15) is 14.9 Å². The van der Waals surface area contributed by atoms with Crippen LogP contribution in [-0.4, -0.2) is 29.2 Å². The molecule has 2 aromatic rings. The van der Waals surface area contributed by atoms with Gasteiger partial charge in [0.1, 0.15) is 6.54 Å². The predicted octanol–water partition coefficient (Wildman–Crippen LogP) is 2.57. The van der Waals surface area contributed by atoms with Crippen molar-refractivity contribution in [2.24, 2.45) is 0 Å². The number of carbonyl (C=O) groups excluding carboxylic acids is 1. The molecule has 0 aliphatic carbocycles. The molecule has 1 fully saturated rings. The number of quaternary nitrogens is 1. The van der Waals surface area contributed by atoms with Crippen LogP contribution in [0.5, 0.6) is 0 Å². The number of carbonyl (C=O) groups is 1. The Hall–Kier alpha value is -2.38. The van der Waals surface area contributed by atoms with E-state index < -0.39 is 4.92 Å². The summed E-state index contributed by atoms with van der Waals surface area (Å²) in [6.45, 7) is 5.95. The Labute approximate surface area is 169 Å². The third-order valence-electron chi connectivity index (χ3n) is 4.98. The molecule has 1 saturated heterocycles. The molecule has 3 rings (SSSR count). The molecule has 1 heterocycles. The number of nitro benzene ring substituents is 1. The van der Waals surface area contributed by atoms with Crippen molar-refractivity contribution in [3.8, 4) is 0 Å². The number of nitrogens with one attached hydrogen (secondary N) is 2. The maximum atomic E-state index is 12.3. The van der Waals surface area contributed by atoms with E-state index in [1.54, 1.807) is 17.0 Å². The van der Waals surface area contributed by atoms with Crippen molar-refractivity contribution in [3.05, 3.63) is 69.8 Å². The molecule has 28 heavy (non-hydrogen) atoms. The Morgan fingerprint density at radius 3 is 2.32 bits per heavy atom. The Bertz CT molecular complexity index is 803. The van der Waals surface area contributed by atoms with E-state index in [-0.39, 0.29) is 16.8 Å². The second-order valence-electron chi connectivity index (χ2n) is 7.18. The molecule has 148 valence electrons. The monoisotopic (exact) mass is 400 g/mol. The number of benzene rings is 2. The number of thioether (sulfide) groups is 1. The minimum Gasteiger partial charge on any atom is -0.351 e. The van der Waals surface area contributed by atoms with Crippen molar-refractivity contribution in [1.29, 1.82) is 0 Å². The van der Waals surface area contributed by atoms with Crippen molar-refractivity contribution in [2.45, 2.75) is 43.0 Å². The van der Waals surface area contributed by atoms with E-state index in [0.29, 0.717) is 6.54 Å². The quantitative estimate of drug-likeness (QED) is 0.406. The largest absolute Gasteiger partial charge is 0.351 e. The van der Waals surface area contributed by atoms with Crippen molar-refractivity contribution in [2.75, 3.05) is 13.1 Å². The molecule has 1 amide bonds. The summed E-state index contributed by atoms with van der Waals surface area (Å²) < 4.78 is 0. The highest BCUT2D eigenvalue weighted by Gasteiger charge is 2.16. The molecule has 7 heteroatoms. The van der Waals surface area contributed by atoms with Gasteiger partial charge in [0.05, 0.1) is 23.3 Å². The van der Waals surface area contributed by atoms with E-state index in [1.165, 1.54) is 55.4 Å². The fourth-order valence-corrected chi connectivity index (χ4v) is 4.24. The lowest BCUT2D eigenvalue weighted by atomic mass is 10.1. The first-order valence-corrected chi connectivity index (χ1v) is 10.5. The zero-order chi connectivity index (χ0) is 19.9. The lowest BCUT2D eigenvalue weighted by molar-refractivity contribution is -0.901.